The molecule has 0 aliphatic heterocycles. The first-order valence-corrected chi connectivity index (χ1v) is 7.78. The molecule has 1 aromatic rings. The van der Waals surface area contributed by atoms with Crippen LogP contribution in [-0.2, 0) is 10.0 Å². The van der Waals surface area contributed by atoms with Crippen molar-refractivity contribution < 1.29 is 13.2 Å². The van der Waals surface area contributed by atoms with Crippen molar-refractivity contribution >= 4 is 15.7 Å². The minimum Gasteiger partial charge on any atom is -0.495 e. The minimum atomic E-state index is -3.58. The van der Waals surface area contributed by atoms with Gasteiger partial charge in [0.15, 0.2) is 0 Å². The van der Waals surface area contributed by atoms with Gasteiger partial charge in [0.25, 0.3) is 0 Å². The molecule has 0 fully saturated rings. The van der Waals surface area contributed by atoms with Crippen molar-refractivity contribution in [3.8, 4) is 5.75 Å². The summed E-state index contributed by atoms with van der Waals surface area (Å²) < 4.78 is 31.9. The molecule has 0 saturated carbocycles. The molecule has 108 valence electrons. The molecule has 0 atom stereocenters. The molecule has 0 heterocycles. The summed E-state index contributed by atoms with van der Waals surface area (Å²) in [5, 5.41) is 0. The lowest BCUT2D eigenvalue weighted by Crippen LogP contribution is -2.25. The molecule has 19 heavy (non-hydrogen) atoms. The van der Waals surface area contributed by atoms with Crippen molar-refractivity contribution in [3.63, 3.8) is 0 Å². The maximum atomic E-state index is 12.2. The number of nitrogen functional groups attached to an aromatic ring is 1. The number of hydrogen-bond donors (Lipinski definition) is 2. The molecule has 0 bridgehead atoms. The normalized spacial score (nSPS) is 11.8. The largest absolute Gasteiger partial charge is 0.495 e. The third-order valence-electron chi connectivity index (χ3n) is 2.73. The Labute approximate surface area is 115 Å². The van der Waals surface area contributed by atoms with E-state index in [9.17, 15) is 8.42 Å². The van der Waals surface area contributed by atoms with E-state index in [1.54, 1.807) is 12.1 Å². The number of ether oxygens (including phenoxy) is 1. The van der Waals surface area contributed by atoms with E-state index >= 15 is 0 Å². The predicted molar refractivity (Wildman–Crippen MR) is 76.7 cm³/mol. The topological polar surface area (TPSA) is 81.4 Å². The van der Waals surface area contributed by atoms with Gasteiger partial charge in [-0.2, -0.15) is 0 Å². The van der Waals surface area contributed by atoms with Gasteiger partial charge < -0.3 is 10.5 Å². The Balaban J connectivity index is 2.79. The lowest BCUT2D eigenvalue weighted by Gasteiger charge is -2.11. The third kappa shape index (κ3) is 4.72. The Bertz CT molecular complexity index is 513. The van der Waals surface area contributed by atoms with E-state index in [4.69, 9.17) is 10.5 Å². The van der Waals surface area contributed by atoms with Crippen molar-refractivity contribution in [2.75, 3.05) is 19.4 Å². The second-order valence-corrected chi connectivity index (χ2v) is 6.58. The van der Waals surface area contributed by atoms with Crippen LogP contribution in [0.4, 0.5) is 5.69 Å². The second kappa shape index (κ2) is 6.77. The van der Waals surface area contributed by atoms with Crippen LogP contribution in [0.2, 0.25) is 0 Å². The van der Waals surface area contributed by atoms with Crippen LogP contribution in [0.25, 0.3) is 0 Å². The van der Waals surface area contributed by atoms with Crippen LogP contribution in [0, 0.1) is 5.92 Å². The van der Waals surface area contributed by atoms with E-state index in [0.29, 0.717) is 23.9 Å². The first-order chi connectivity index (χ1) is 8.86. The zero-order chi connectivity index (χ0) is 14.5. The Morgan fingerprint density at radius 3 is 2.63 bits per heavy atom. The van der Waals surface area contributed by atoms with Crippen molar-refractivity contribution in [2.45, 2.75) is 31.6 Å². The first kappa shape index (κ1) is 15.8. The number of sulfonamides is 1. The molecule has 0 unspecified atom stereocenters. The maximum Gasteiger partial charge on any atom is 0.244 e. The molecular formula is C13H22N2O3S. The Hall–Kier alpha value is -1.27. The number of nitrogens with two attached hydrogens (primary N) is 1. The van der Waals surface area contributed by atoms with Crippen molar-refractivity contribution in [2.24, 2.45) is 5.92 Å². The molecule has 1 aromatic carbocycles. The first-order valence-electron chi connectivity index (χ1n) is 6.30. The van der Waals surface area contributed by atoms with Crippen LogP contribution in [0.1, 0.15) is 26.7 Å². The fourth-order valence-corrected chi connectivity index (χ4v) is 2.97. The third-order valence-corrected chi connectivity index (χ3v) is 4.21. The van der Waals surface area contributed by atoms with Gasteiger partial charge >= 0.3 is 0 Å². The van der Waals surface area contributed by atoms with E-state index in [1.165, 1.54) is 13.2 Å². The van der Waals surface area contributed by atoms with Gasteiger partial charge in [0.1, 0.15) is 10.6 Å². The molecule has 1 rings (SSSR count). The molecule has 0 radical (unpaired) electrons. The van der Waals surface area contributed by atoms with E-state index in [2.05, 4.69) is 18.6 Å². The summed E-state index contributed by atoms with van der Waals surface area (Å²) in [5.41, 5.74) is 6.02. The summed E-state index contributed by atoms with van der Waals surface area (Å²) >= 11 is 0. The van der Waals surface area contributed by atoms with Crippen LogP contribution in [0.5, 0.6) is 5.75 Å². The van der Waals surface area contributed by atoms with Gasteiger partial charge in [-0.1, -0.05) is 13.8 Å². The summed E-state index contributed by atoms with van der Waals surface area (Å²) in [6.45, 7) is 4.63. The van der Waals surface area contributed by atoms with Gasteiger partial charge in [-0.25, -0.2) is 13.1 Å². The smallest absolute Gasteiger partial charge is 0.244 e. The van der Waals surface area contributed by atoms with Gasteiger partial charge in [-0.15, -0.1) is 0 Å². The molecule has 0 saturated heterocycles. The highest BCUT2D eigenvalue weighted by Gasteiger charge is 2.19. The Morgan fingerprint density at radius 1 is 1.37 bits per heavy atom. The Morgan fingerprint density at radius 2 is 2.05 bits per heavy atom. The van der Waals surface area contributed by atoms with Gasteiger partial charge in [0.05, 0.1) is 7.11 Å². The number of nitrogens with one attached hydrogen (secondary N) is 1. The van der Waals surface area contributed by atoms with Crippen molar-refractivity contribution in [3.05, 3.63) is 18.2 Å². The zero-order valence-electron chi connectivity index (χ0n) is 11.6. The summed E-state index contributed by atoms with van der Waals surface area (Å²) in [6.07, 6.45) is 1.79. The van der Waals surface area contributed by atoms with Gasteiger partial charge in [-0.3, -0.25) is 0 Å². The van der Waals surface area contributed by atoms with Crippen molar-refractivity contribution in [1.82, 2.24) is 4.72 Å². The average molecular weight is 286 g/mol. The Kier molecular flexibility index (Phi) is 5.62. The quantitative estimate of drug-likeness (QED) is 0.593. The minimum absolute atomic E-state index is 0.0829. The number of hydrogen-bond acceptors (Lipinski definition) is 4. The maximum absolute atomic E-state index is 12.2. The number of anilines is 1. The second-order valence-electron chi connectivity index (χ2n) is 4.84. The molecule has 0 spiro atoms. The highest BCUT2D eigenvalue weighted by atomic mass is 32.2. The molecular weight excluding hydrogens is 264 g/mol. The summed E-state index contributed by atoms with van der Waals surface area (Å²) in [7, 11) is -2.14. The van der Waals surface area contributed by atoms with E-state index in [1.807, 2.05) is 0 Å². The van der Waals surface area contributed by atoms with Crippen LogP contribution in [0.3, 0.4) is 0 Å². The lowest BCUT2D eigenvalue weighted by molar-refractivity contribution is 0.402. The summed E-state index contributed by atoms with van der Waals surface area (Å²) in [4.78, 5) is 0.0829. The molecule has 3 N–H and O–H groups in total. The standard InChI is InChI=1S/C13H22N2O3S/c1-10(2)5-4-8-15-19(16,17)13-9-11(14)6-7-12(13)18-3/h6-7,9-10,15H,4-5,8,14H2,1-3H3. The molecule has 0 aromatic heterocycles. The number of rotatable bonds is 7. The van der Waals surface area contributed by atoms with E-state index in [0.717, 1.165) is 12.8 Å². The highest BCUT2D eigenvalue weighted by Crippen LogP contribution is 2.25. The summed E-state index contributed by atoms with van der Waals surface area (Å²) in [6, 6.07) is 4.57. The van der Waals surface area contributed by atoms with Crippen LogP contribution >= 0.6 is 0 Å². The fraction of sp³-hybridized carbons (Fsp3) is 0.538. The lowest BCUT2D eigenvalue weighted by atomic mass is 10.1. The molecule has 0 aliphatic carbocycles. The van der Waals surface area contributed by atoms with E-state index in [-0.39, 0.29) is 4.90 Å². The van der Waals surface area contributed by atoms with Gasteiger partial charge in [0, 0.05) is 12.2 Å². The average Bonchev–Trinajstić information content (AvgIpc) is 2.34. The molecule has 5 nitrogen and oxygen atoms in total. The summed E-state index contributed by atoms with van der Waals surface area (Å²) in [5.74, 6) is 0.858. The fourth-order valence-electron chi connectivity index (χ4n) is 1.70. The molecule has 0 amide bonds. The predicted octanol–water partition coefficient (Wildman–Crippen LogP) is 1.99. The number of benzene rings is 1. The molecule has 0 aliphatic rings. The zero-order valence-corrected chi connectivity index (χ0v) is 12.5. The van der Waals surface area contributed by atoms with Crippen LogP contribution < -0.4 is 15.2 Å². The number of methoxy groups -OCH3 is 1. The van der Waals surface area contributed by atoms with Crippen molar-refractivity contribution in [1.29, 1.82) is 0 Å². The SMILES string of the molecule is COc1ccc(N)cc1S(=O)(=O)NCCCC(C)C. The van der Waals surface area contributed by atoms with Gasteiger partial charge in [-0.05, 0) is 37.0 Å². The van der Waals surface area contributed by atoms with E-state index < -0.39 is 10.0 Å². The van der Waals surface area contributed by atoms with Crippen LogP contribution in [-0.4, -0.2) is 22.1 Å². The monoisotopic (exact) mass is 286 g/mol. The highest BCUT2D eigenvalue weighted by molar-refractivity contribution is 7.89. The van der Waals surface area contributed by atoms with Crippen LogP contribution in [0.15, 0.2) is 23.1 Å². The van der Waals surface area contributed by atoms with Gasteiger partial charge in [0.2, 0.25) is 10.0 Å². The molecule has 6 heteroatoms.